The molecule has 1 N–H and O–H groups in total. The summed E-state index contributed by atoms with van der Waals surface area (Å²) in [6.45, 7) is 7.97. The maximum absolute atomic E-state index is 3.50. The topological polar surface area (TPSA) is 15.3 Å². The minimum absolute atomic E-state index is 0.613. The van der Waals surface area contributed by atoms with Gasteiger partial charge in [0.25, 0.3) is 0 Å². The lowest BCUT2D eigenvalue weighted by Gasteiger charge is -2.38. The minimum atomic E-state index is 0.613. The monoisotopic (exact) mass is 210 g/mol. The van der Waals surface area contributed by atoms with Crippen LogP contribution in [0.5, 0.6) is 0 Å². The Morgan fingerprint density at radius 3 is 3.14 bits per heavy atom. The zero-order valence-electron chi connectivity index (χ0n) is 8.86. The Bertz CT molecular complexity index is 271. The number of piperazine rings is 1. The van der Waals surface area contributed by atoms with Gasteiger partial charge in [0.2, 0.25) is 0 Å². The van der Waals surface area contributed by atoms with Crippen LogP contribution in [0.1, 0.15) is 19.4 Å². The van der Waals surface area contributed by atoms with Crippen molar-refractivity contribution in [2.75, 3.05) is 13.1 Å². The molecule has 78 valence electrons. The van der Waals surface area contributed by atoms with E-state index in [0.717, 1.165) is 13.1 Å². The first kappa shape index (κ1) is 10.1. The van der Waals surface area contributed by atoms with Crippen molar-refractivity contribution in [2.45, 2.75) is 32.5 Å². The van der Waals surface area contributed by atoms with E-state index >= 15 is 0 Å². The fourth-order valence-corrected chi connectivity index (χ4v) is 2.63. The van der Waals surface area contributed by atoms with Crippen LogP contribution in [0.2, 0.25) is 0 Å². The Balaban J connectivity index is 1.97. The first-order valence-electron chi connectivity index (χ1n) is 5.26. The molecule has 2 rings (SSSR count). The molecule has 0 saturated carbocycles. The van der Waals surface area contributed by atoms with Gasteiger partial charge in [0, 0.05) is 31.7 Å². The fourth-order valence-electron chi connectivity index (χ4n) is 1.97. The van der Waals surface area contributed by atoms with Gasteiger partial charge in [0.1, 0.15) is 0 Å². The molecule has 2 nitrogen and oxygen atoms in total. The summed E-state index contributed by atoms with van der Waals surface area (Å²) in [7, 11) is 0. The van der Waals surface area contributed by atoms with Crippen molar-refractivity contribution >= 4 is 11.3 Å². The van der Waals surface area contributed by atoms with Crippen LogP contribution in [-0.2, 0) is 6.54 Å². The fraction of sp³-hybridized carbons (Fsp3) is 0.636. The van der Waals surface area contributed by atoms with Crippen molar-refractivity contribution in [1.82, 2.24) is 10.2 Å². The summed E-state index contributed by atoms with van der Waals surface area (Å²) in [6.07, 6.45) is 0. The van der Waals surface area contributed by atoms with E-state index in [2.05, 4.69) is 40.9 Å². The predicted molar refractivity (Wildman–Crippen MR) is 61.7 cm³/mol. The van der Waals surface area contributed by atoms with Gasteiger partial charge in [-0.05, 0) is 36.2 Å². The van der Waals surface area contributed by atoms with Crippen molar-refractivity contribution < 1.29 is 0 Å². The van der Waals surface area contributed by atoms with Crippen molar-refractivity contribution in [3.05, 3.63) is 22.4 Å². The first-order chi connectivity index (χ1) is 6.77. The molecule has 1 saturated heterocycles. The lowest BCUT2D eigenvalue weighted by atomic mass is 10.1. The van der Waals surface area contributed by atoms with Crippen LogP contribution in [-0.4, -0.2) is 30.1 Å². The van der Waals surface area contributed by atoms with Gasteiger partial charge in [-0.2, -0.15) is 11.3 Å². The van der Waals surface area contributed by atoms with Gasteiger partial charge in [-0.1, -0.05) is 0 Å². The number of nitrogens with one attached hydrogen (secondary N) is 1. The highest BCUT2D eigenvalue weighted by Gasteiger charge is 2.23. The van der Waals surface area contributed by atoms with Gasteiger partial charge >= 0.3 is 0 Å². The molecular weight excluding hydrogens is 192 g/mol. The molecule has 3 heteroatoms. The number of nitrogens with zero attached hydrogens (tertiary/aromatic N) is 1. The summed E-state index contributed by atoms with van der Waals surface area (Å²) in [4.78, 5) is 2.56. The number of rotatable bonds is 2. The Kier molecular flexibility index (Phi) is 3.21. The molecule has 0 aromatic carbocycles. The zero-order valence-corrected chi connectivity index (χ0v) is 9.68. The standard InChI is InChI=1S/C11H18N2S/c1-9-10(2)13(5-4-12-9)7-11-3-6-14-8-11/h3,6,8-10,12H,4-5,7H2,1-2H3. The molecule has 0 amide bonds. The maximum atomic E-state index is 3.50. The highest BCUT2D eigenvalue weighted by Crippen LogP contribution is 2.15. The van der Waals surface area contributed by atoms with E-state index < -0.39 is 0 Å². The smallest absolute Gasteiger partial charge is 0.0246 e. The predicted octanol–water partition coefficient (Wildman–Crippen LogP) is 1.93. The molecular formula is C11H18N2S. The number of hydrogen-bond acceptors (Lipinski definition) is 3. The van der Waals surface area contributed by atoms with Gasteiger partial charge in [-0.15, -0.1) is 0 Å². The summed E-state index contributed by atoms with van der Waals surface area (Å²) < 4.78 is 0. The van der Waals surface area contributed by atoms with E-state index in [9.17, 15) is 0 Å². The van der Waals surface area contributed by atoms with Crippen molar-refractivity contribution in [2.24, 2.45) is 0 Å². The molecule has 2 atom stereocenters. The maximum Gasteiger partial charge on any atom is 0.0246 e. The van der Waals surface area contributed by atoms with Crippen LogP contribution in [0.25, 0.3) is 0 Å². The molecule has 1 aromatic rings. The average molecular weight is 210 g/mol. The van der Waals surface area contributed by atoms with Crippen LogP contribution in [0, 0.1) is 0 Å². The molecule has 1 aromatic heterocycles. The Labute approximate surface area is 89.9 Å². The van der Waals surface area contributed by atoms with E-state index in [0.29, 0.717) is 12.1 Å². The largest absolute Gasteiger partial charge is 0.311 e. The number of thiophene rings is 1. The van der Waals surface area contributed by atoms with Crippen molar-refractivity contribution in [3.8, 4) is 0 Å². The molecule has 2 heterocycles. The van der Waals surface area contributed by atoms with E-state index in [1.165, 1.54) is 12.1 Å². The SMILES string of the molecule is CC1NCCN(Cc2ccsc2)C1C. The quantitative estimate of drug-likeness (QED) is 0.802. The lowest BCUT2D eigenvalue weighted by molar-refractivity contribution is 0.131. The van der Waals surface area contributed by atoms with Gasteiger partial charge in [-0.3, -0.25) is 4.90 Å². The van der Waals surface area contributed by atoms with Crippen LogP contribution >= 0.6 is 11.3 Å². The lowest BCUT2D eigenvalue weighted by Crippen LogP contribution is -2.54. The molecule has 14 heavy (non-hydrogen) atoms. The van der Waals surface area contributed by atoms with Gasteiger partial charge in [0.15, 0.2) is 0 Å². The summed E-state index contributed by atoms with van der Waals surface area (Å²) in [5.74, 6) is 0. The Morgan fingerprint density at radius 1 is 1.57 bits per heavy atom. The summed E-state index contributed by atoms with van der Waals surface area (Å²) in [5.41, 5.74) is 1.45. The van der Waals surface area contributed by atoms with Crippen LogP contribution in [0.4, 0.5) is 0 Å². The minimum Gasteiger partial charge on any atom is -0.311 e. The van der Waals surface area contributed by atoms with E-state index in [4.69, 9.17) is 0 Å². The Morgan fingerprint density at radius 2 is 2.43 bits per heavy atom. The van der Waals surface area contributed by atoms with E-state index in [1.54, 1.807) is 11.3 Å². The van der Waals surface area contributed by atoms with Crippen molar-refractivity contribution in [1.29, 1.82) is 0 Å². The van der Waals surface area contributed by atoms with Crippen LogP contribution in [0.3, 0.4) is 0 Å². The average Bonchev–Trinajstić information content (AvgIpc) is 2.66. The van der Waals surface area contributed by atoms with Gasteiger partial charge < -0.3 is 5.32 Å². The number of hydrogen-bond donors (Lipinski definition) is 1. The zero-order chi connectivity index (χ0) is 9.97. The van der Waals surface area contributed by atoms with Gasteiger partial charge in [0.05, 0.1) is 0 Å². The molecule has 0 aliphatic carbocycles. The molecule has 2 unspecified atom stereocenters. The Hall–Kier alpha value is -0.380. The van der Waals surface area contributed by atoms with Crippen molar-refractivity contribution in [3.63, 3.8) is 0 Å². The summed E-state index contributed by atoms with van der Waals surface area (Å²) in [5, 5.41) is 7.91. The molecule has 0 radical (unpaired) electrons. The third-order valence-electron chi connectivity index (χ3n) is 3.13. The highest BCUT2D eigenvalue weighted by atomic mass is 32.1. The molecule has 0 bridgehead atoms. The summed E-state index contributed by atoms with van der Waals surface area (Å²) in [6, 6.07) is 3.48. The second-order valence-electron chi connectivity index (χ2n) is 4.09. The van der Waals surface area contributed by atoms with Crippen LogP contribution < -0.4 is 5.32 Å². The second-order valence-corrected chi connectivity index (χ2v) is 4.87. The van der Waals surface area contributed by atoms with E-state index in [1.807, 2.05) is 0 Å². The van der Waals surface area contributed by atoms with Crippen LogP contribution in [0.15, 0.2) is 16.8 Å². The summed E-state index contributed by atoms with van der Waals surface area (Å²) >= 11 is 1.79. The van der Waals surface area contributed by atoms with E-state index in [-0.39, 0.29) is 0 Å². The second kappa shape index (κ2) is 4.43. The van der Waals surface area contributed by atoms with Gasteiger partial charge in [-0.25, -0.2) is 0 Å². The third-order valence-corrected chi connectivity index (χ3v) is 3.86. The molecule has 1 fully saturated rings. The molecule has 1 aliphatic rings. The first-order valence-corrected chi connectivity index (χ1v) is 6.20. The highest BCUT2D eigenvalue weighted by molar-refractivity contribution is 7.07. The normalized spacial score (nSPS) is 29.3. The molecule has 0 spiro atoms. The molecule has 1 aliphatic heterocycles. The third kappa shape index (κ3) is 2.16.